The molecule has 1 unspecified atom stereocenters. The lowest BCUT2D eigenvalue weighted by Gasteiger charge is -2.14. The van der Waals surface area contributed by atoms with Crippen LogP contribution in [-0.2, 0) is 4.79 Å². The summed E-state index contributed by atoms with van der Waals surface area (Å²) in [5, 5.41) is 10.4. The molecule has 2 rings (SSSR count). The molecule has 2 aromatic carbocycles. The number of hydrazine groups is 1. The number of anilines is 1. The van der Waals surface area contributed by atoms with Crippen LogP contribution in [0, 0.1) is 0 Å². The first-order valence-corrected chi connectivity index (χ1v) is 7.09. The number of methoxy groups -OCH3 is 1. The van der Waals surface area contributed by atoms with Gasteiger partial charge >= 0.3 is 0 Å². The molecule has 0 radical (unpaired) electrons. The number of hydrogen-bond donors (Lipinski definition) is 3. The Morgan fingerprint density at radius 3 is 2.68 bits per heavy atom. The van der Waals surface area contributed by atoms with E-state index in [0.717, 1.165) is 0 Å². The predicted octanol–water partition coefficient (Wildman–Crippen LogP) is 2.92. The summed E-state index contributed by atoms with van der Waals surface area (Å²) in [6, 6.07) is 14.0. The highest BCUT2D eigenvalue weighted by Crippen LogP contribution is 2.26. The highest BCUT2D eigenvalue weighted by Gasteiger charge is 2.13. The summed E-state index contributed by atoms with van der Waals surface area (Å²) in [4.78, 5) is 11.9. The van der Waals surface area contributed by atoms with Crippen molar-refractivity contribution in [3.63, 3.8) is 0 Å². The number of aliphatic hydroxyl groups excluding tert-OH is 1. The Balaban J connectivity index is 1.90. The molecule has 0 saturated carbocycles. The molecule has 0 aliphatic heterocycles. The minimum atomic E-state index is -0.858. The third-order valence-electron chi connectivity index (χ3n) is 3.07. The van der Waals surface area contributed by atoms with Crippen LogP contribution < -0.4 is 15.6 Å². The summed E-state index contributed by atoms with van der Waals surface area (Å²) in [6.07, 6.45) is -0.915. The first-order valence-electron chi connectivity index (χ1n) is 6.71. The van der Waals surface area contributed by atoms with Gasteiger partial charge in [-0.05, 0) is 17.7 Å². The van der Waals surface area contributed by atoms with E-state index in [9.17, 15) is 9.90 Å². The van der Waals surface area contributed by atoms with Gasteiger partial charge in [0.25, 0.3) is 0 Å². The van der Waals surface area contributed by atoms with Gasteiger partial charge in [0.15, 0.2) is 0 Å². The summed E-state index contributed by atoms with van der Waals surface area (Å²) in [6.45, 7) is 0. The van der Waals surface area contributed by atoms with Gasteiger partial charge in [-0.3, -0.25) is 15.6 Å². The van der Waals surface area contributed by atoms with E-state index in [0.29, 0.717) is 22.0 Å². The van der Waals surface area contributed by atoms with Crippen LogP contribution in [0.5, 0.6) is 5.75 Å². The minimum absolute atomic E-state index is 0.0569. The molecule has 6 heteroatoms. The van der Waals surface area contributed by atoms with Crippen LogP contribution in [0.3, 0.4) is 0 Å². The standard InChI is InChI=1S/C16H17ClN2O3/c1-22-12-7-8-13(17)14(9-12)18-19-16(21)10-15(20)11-5-3-2-4-6-11/h2-9,15,18,20H,10H2,1H3,(H,19,21). The second kappa shape index (κ2) is 7.68. The van der Waals surface area contributed by atoms with Gasteiger partial charge in [-0.25, -0.2) is 0 Å². The minimum Gasteiger partial charge on any atom is -0.497 e. The van der Waals surface area contributed by atoms with Crippen LogP contribution in [-0.4, -0.2) is 18.1 Å². The smallest absolute Gasteiger partial charge is 0.241 e. The number of benzene rings is 2. The number of rotatable bonds is 6. The fourth-order valence-corrected chi connectivity index (χ4v) is 2.05. The van der Waals surface area contributed by atoms with E-state index < -0.39 is 6.10 Å². The van der Waals surface area contributed by atoms with Gasteiger partial charge in [0.1, 0.15) is 5.75 Å². The number of carbonyl (C=O) groups excluding carboxylic acids is 1. The molecule has 0 aliphatic carbocycles. The van der Waals surface area contributed by atoms with Gasteiger partial charge < -0.3 is 9.84 Å². The molecule has 0 spiro atoms. The second-order valence-electron chi connectivity index (χ2n) is 4.65. The van der Waals surface area contributed by atoms with Crippen molar-refractivity contribution in [1.82, 2.24) is 5.43 Å². The number of nitrogens with one attached hydrogen (secondary N) is 2. The Morgan fingerprint density at radius 2 is 2.00 bits per heavy atom. The number of amides is 1. The van der Waals surface area contributed by atoms with Gasteiger partial charge in [0.05, 0.1) is 30.3 Å². The maximum Gasteiger partial charge on any atom is 0.241 e. The molecule has 5 nitrogen and oxygen atoms in total. The molecule has 0 aromatic heterocycles. The molecule has 116 valence electrons. The third-order valence-corrected chi connectivity index (χ3v) is 3.40. The lowest BCUT2D eigenvalue weighted by atomic mass is 10.1. The van der Waals surface area contributed by atoms with Gasteiger partial charge in [-0.1, -0.05) is 41.9 Å². The molecular weight excluding hydrogens is 304 g/mol. The third kappa shape index (κ3) is 4.38. The van der Waals surface area contributed by atoms with E-state index in [-0.39, 0.29) is 12.3 Å². The van der Waals surface area contributed by atoms with Crippen molar-refractivity contribution in [2.45, 2.75) is 12.5 Å². The zero-order valence-corrected chi connectivity index (χ0v) is 12.8. The molecule has 2 aromatic rings. The average molecular weight is 321 g/mol. The van der Waals surface area contributed by atoms with Crippen LogP contribution in [0.2, 0.25) is 5.02 Å². The van der Waals surface area contributed by atoms with Crippen LogP contribution >= 0.6 is 11.6 Å². The summed E-state index contributed by atoms with van der Waals surface area (Å²) in [7, 11) is 1.54. The lowest BCUT2D eigenvalue weighted by molar-refractivity contribution is -0.122. The predicted molar refractivity (Wildman–Crippen MR) is 85.8 cm³/mol. The SMILES string of the molecule is COc1ccc(Cl)c(NNC(=O)CC(O)c2ccccc2)c1. The van der Waals surface area contributed by atoms with E-state index in [1.165, 1.54) is 0 Å². The fourth-order valence-electron chi connectivity index (χ4n) is 1.88. The van der Waals surface area contributed by atoms with Crippen molar-refractivity contribution >= 4 is 23.2 Å². The molecular formula is C16H17ClN2O3. The zero-order chi connectivity index (χ0) is 15.9. The summed E-state index contributed by atoms with van der Waals surface area (Å²) >= 11 is 6.02. The van der Waals surface area contributed by atoms with Crippen LogP contribution in [0.1, 0.15) is 18.1 Å². The number of ether oxygens (including phenoxy) is 1. The van der Waals surface area contributed by atoms with Crippen molar-refractivity contribution in [1.29, 1.82) is 0 Å². The maximum absolute atomic E-state index is 11.9. The number of aliphatic hydroxyl groups is 1. The molecule has 22 heavy (non-hydrogen) atoms. The van der Waals surface area contributed by atoms with E-state index in [4.69, 9.17) is 16.3 Å². The Morgan fingerprint density at radius 1 is 1.27 bits per heavy atom. The van der Waals surface area contributed by atoms with Crippen LogP contribution in [0.4, 0.5) is 5.69 Å². The van der Waals surface area contributed by atoms with Crippen molar-refractivity contribution in [2.75, 3.05) is 12.5 Å². The molecule has 0 heterocycles. The van der Waals surface area contributed by atoms with E-state index >= 15 is 0 Å². The first-order chi connectivity index (χ1) is 10.6. The second-order valence-corrected chi connectivity index (χ2v) is 5.06. The highest BCUT2D eigenvalue weighted by molar-refractivity contribution is 6.33. The number of hydrogen-bond acceptors (Lipinski definition) is 4. The first kappa shape index (κ1) is 16.1. The van der Waals surface area contributed by atoms with Crippen molar-refractivity contribution in [3.05, 3.63) is 59.1 Å². The van der Waals surface area contributed by atoms with E-state index in [1.807, 2.05) is 18.2 Å². The van der Waals surface area contributed by atoms with Gasteiger partial charge in [-0.2, -0.15) is 0 Å². The van der Waals surface area contributed by atoms with Gasteiger partial charge in [0.2, 0.25) is 5.91 Å². The van der Waals surface area contributed by atoms with Crippen LogP contribution in [0.25, 0.3) is 0 Å². The monoisotopic (exact) mass is 320 g/mol. The zero-order valence-electron chi connectivity index (χ0n) is 12.0. The molecule has 0 aliphatic rings. The Labute approximate surface area is 133 Å². The molecule has 0 saturated heterocycles. The van der Waals surface area contributed by atoms with Gasteiger partial charge in [0, 0.05) is 6.07 Å². The Kier molecular flexibility index (Phi) is 5.63. The molecule has 0 fully saturated rings. The average Bonchev–Trinajstić information content (AvgIpc) is 2.55. The van der Waals surface area contributed by atoms with Crippen molar-refractivity contribution in [3.8, 4) is 5.75 Å². The summed E-state index contributed by atoms with van der Waals surface area (Å²) in [5.41, 5.74) is 6.43. The largest absolute Gasteiger partial charge is 0.497 e. The van der Waals surface area contributed by atoms with E-state index in [1.54, 1.807) is 37.4 Å². The van der Waals surface area contributed by atoms with Gasteiger partial charge in [-0.15, -0.1) is 0 Å². The fraction of sp³-hybridized carbons (Fsp3) is 0.188. The molecule has 1 atom stereocenters. The number of carbonyl (C=O) groups is 1. The lowest BCUT2D eigenvalue weighted by Crippen LogP contribution is -2.30. The normalized spacial score (nSPS) is 11.6. The molecule has 1 amide bonds. The Hall–Kier alpha value is -2.24. The number of halogens is 1. The van der Waals surface area contributed by atoms with Crippen molar-refractivity contribution < 1.29 is 14.6 Å². The topological polar surface area (TPSA) is 70.6 Å². The summed E-state index contributed by atoms with van der Waals surface area (Å²) in [5.74, 6) is 0.265. The Bertz CT molecular complexity index is 635. The molecule has 3 N–H and O–H groups in total. The van der Waals surface area contributed by atoms with E-state index in [2.05, 4.69) is 10.9 Å². The molecule has 0 bridgehead atoms. The summed E-state index contributed by atoms with van der Waals surface area (Å²) < 4.78 is 5.09. The van der Waals surface area contributed by atoms with Crippen molar-refractivity contribution in [2.24, 2.45) is 0 Å². The maximum atomic E-state index is 11.9. The quantitative estimate of drug-likeness (QED) is 0.716. The van der Waals surface area contributed by atoms with Crippen LogP contribution in [0.15, 0.2) is 48.5 Å². The highest BCUT2D eigenvalue weighted by atomic mass is 35.5.